The number of fused-ring (bicyclic) bond motifs is 2. The molecule has 0 bridgehead atoms. The fraction of sp³-hybridized carbons (Fsp3) is 0.500. The van der Waals surface area contributed by atoms with Crippen LogP contribution in [0.2, 0.25) is 0 Å². The second-order valence-corrected chi connectivity index (χ2v) is 6.75. The van der Waals surface area contributed by atoms with E-state index in [9.17, 15) is 0 Å². The van der Waals surface area contributed by atoms with E-state index in [-0.39, 0.29) is 0 Å². The molecule has 2 N–H and O–H groups in total. The average Bonchev–Trinajstić information content (AvgIpc) is 2.94. The number of rotatable bonds is 4. The van der Waals surface area contributed by atoms with Crippen LogP contribution >= 0.6 is 0 Å². The molecule has 1 aromatic carbocycles. The highest BCUT2D eigenvalue weighted by Crippen LogP contribution is 2.26. The van der Waals surface area contributed by atoms with E-state index < -0.39 is 0 Å². The van der Waals surface area contributed by atoms with Gasteiger partial charge < -0.3 is 15.4 Å². The van der Waals surface area contributed by atoms with Gasteiger partial charge in [-0.1, -0.05) is 18.2 Å². The first kappa shape index (κ1) is 14.6. The summed E-state index contributed by atoms with van der Waals surface area (Å²) in [5.41, 5.74) is 2.42. The van der Waals surface area contributed by atoms with Gasteiger partial charge in [-0.15, -0.1) is 0 Å². The first-order valence-electron chi connectivity index (χ1n) is 8.47. The Hall–Kier alpha value is -2.01. The standard InChI is InChI=1S/C18H24N4O/c1-13-6-18-20-10-15(11-22(18)21-13)9-19-8-14-7-16-4-2-3-5-17(16)23-12-14/h2-6,14-15,19-20H,7-12H2,1H3/t14-,15-/m1/s1. The van der Waals surface area contributed by atoms with E-state index in [0.29, 0.717) is 11.8 Å². The molecule has 2 aromatic rings. The van der Waals surface area contributed by atoms with E-state index >= 15 is 0 Å². The molecular formula is C18H24N4O. The summed E-state index contributed by atoms with van der Waals surface area (Å²) in [4.78, 5) is 0. The number of benzene rings is 1. The Morgan fingerprint density at radius 3 is 3.13 bits per heavy atom. The summed E-state index contributed by atoms with van der Waals surface area (Å²) in [6.45, 7) is 6.89. The third kappa shape index (κ3) is 3.20. The molecule has 0 amide bonds. The minimum atomic E-state index is 0.559. The van der Waals surface area contributed by atoms with Gasteiger partial charge in [0.05, 0.1) is 12.3 Å². The van der Waals surface area contributed by atoms with Crippen molar-refractivity contribution in [2.75, 3.05) is 31.6 Å². The van der Waals surface area contributed by atoms with Gasteiger partial charge in [0.15, 0.2) is 0 Å². The summed E-state index contributed by atoms with van der Waals surface area (Å²) in [6.07, 6.45) is 1.11. The second-order valence-electron chi connectivity index (χ2n) is 6.75. The Labute approximate surface area is 137 Å². The van der Waals surface area contributed by atoms with Crippen LogP contribution in [0, 0.1) is 18.8 Å². The minimum Gasteiger partial charge on any atom is -0.493 e. The highest BCUT2D eigenvalue weighted by atomic mass is 16.5. The zero-order valence-corrected chi connectivity index (χ0v) is 13.6. The zero-order chi connectivity index (χ0) is 15.6. The van der Waals surface area contributed by atoms with Crippen LogP contribution in [0.5, 0.6) is 5.75 Å². The van der Waals surface area contributed by atoms with Crippen LogP contribution < -0.4 is 15.4 Å². The fourth-order valence-electron chi connectivity index (χ4n) is 3.54. The van der Waals surface area contributed by atoms with E-state index in [4.69, 9.17) is 4.74 Å². The molecular weight excluding hydrogens is 288 g/mol. The van der Waals surface area contributed by atoms with Crippen molar-refractivity contribution in [3.8, 4) is 5.75 Å². The topological polar surface area (TPSA) is 51.1 Å². The highest BCUT2D eigenvalue weighted by molar-refractivity contribution is 5.38. The van der Waals surface area contributed by atoms with Gasteiger partial charge in [0.2, 0.25) is 0 Å². The lowest BCUT2D eigenvalue weighted by molar-refractivity contribution is 0.215. The Bertz CT molecular complexity index is 681. The molecule has 2 atom stereocenters. The molecule has 0 saturated heterocycles. The predicted octanol–water partition coefficient (Wildman–Crippen LogP) is 2.07. The molecule has 2 aliphatic heterocycles. The van der Waals surface area contributed by atoms with E-state index in [2.05, 4.69) is 44.7 Å². The monoisotopic (exact) mass is 312 g/mol. The lowest BCUT2D eigenvalue weighted by atomic mass is 9.96. The Morgan fingerprint density at radius 1 is 1.30 bits per heavy atom. The Kier molecular flexibility index (Phi) is 3.95. The molecule has 2 aliphatic rings. The van der Waals surface area contributed by atoms with E-state index in [0.717, 1.165) is 56.5 Å². The Balaban J connectivity index is 1.25. The summed E-state index contributed by atoms with van der Waals surface area (Å²) < 4.78 is 7.95. The van der Waals surface area contributed by atoms with Crippen molar-refractivity contribution in [2.45, 2.75) is 19.9 Å². The van der Waals surface area contributed by atoms with Crippen molar-refractivity contribution < 1.29 is 4.74 Å². The summed E-state index contributed by atoms with van der Waals surface area (Å²) in [7, 11) is 0. The number of aromatic nitrogens is 2. The van der Waals surface area contributed by atoms with Crippen molar-refractivity contribution >= 4 is 5.82 Å². The van der Waals surface area contributed by atoms with Crippen molar-refractivity contribution in [1.29, 1.82) is 0 Å². The van der Waals surface area contributed by atoms with Gasteiger partial charge in [0.25, 0.3) is 0 Å². The number of aryl methyl sites for hydroxylation is 1. The van der Waals surface area contributed by atoms with Gasteiger partial charge in [-0.05, 0) is 25.0 Å². The molecule has 0 unspecified atom stereocenters. The smallest absolute Gasteiger partial charge is 0.124 e. The molecule has 5 nitrogen and oxygen atoms in total. The summed E-state index contributed by atoms with van der Waals surface area (Å²) in [6, 6.07) is 10.5. The van der Waals surface area contributed by atoms with Gasteiger partial charge in [0.1, 0.15) is 11.6 Å². The number of para-hydroxylation sites is 1. The van der Waals surface area contributed by atoms with E-state index in [1.807, 2.05) is 13.0 Å². The fourth-order valence-corrected chi connectivity index (χ4v) is 3.54. The quantitative estimate of drug-likeness (QED) is 0.907. The van der Waals surface area contributed by atoms with Gasteiger partial charge in [0, 0.05) is 44.1 Å². The normalized spacial score (nSPS) is 22.7. The molecule has 23 heavy (non-hydrogen) atoms. The van der Waals surface area contributed by atoms with Gasteiger partial charge in [-0.2, -0.15) is 5.10 Å². The summed E-state index contributed by atoms with van der Waals surface area (Å²) in [5.74, 6) is 3.35. The van der Waals surface area contributed by atoms with Crippen molar-refractivity contribution in [3.63, 3.8) is 0 Å². The van der Waals surface area contributed by atoms with E-state index in [1.165, 1.54) is 5.56 Å². The number of hydrogen-bond donors (Lipinski definition) is 2. The largest absolute Gasteiger partial charge is 0.493 e. The first-order chi connectivity index (χ1) is 11.3. The van der Waals surface area contributed by atoms with Gasteiger partial charge in [-0.3, -0.25) is 0 Å². The maximum atomic E-state index is 5.86. The first-order valence-corrected chi connectivity index (χ1v) is 8.47. The molecule has 122 valence electrons. The number of nitrogens with zero attached hydrogens (tertiary/aromatic N) is 2. The Morgan fingerprint density at radius 2 is 2.17 bits per heavy atom. The molecule has 0 aliphatic carbocycles. The average molecular weight is 312 g/mol. The highest BCUT2D eigenvalue weighted by Gasteiger charge is 2.21. The van der Waals surface area contributed by atoms with Gasteiger partial charge >= 0.3 is 0 Å². The lowest BCUT2D eigenvalue weighted by Gasteiger charge is -2.28. The van der Waals surface area contributed by atoms with Crippen LogP contribution in [0.15, 0.2) is 30.3 Å². The predicted molar refractivity (Wildman–Crippen MR) is 90.9 cm³/mol. The van der Waals surface area contributed by atoms with Crippen molar-refractivity contribution in [3.05, 3.63) is 41.6 Å². The van der Waals surface area contributed by atoms with Crippen LogP contribution in [0.4, 0.5) is 5.82 Å². The molecule has 0 saturated carbocycles. The van der Waals surface area contributed by atoms with Crippen LogP contribution in [0.1, 0.15) is 11.3 Å². The maximum Gasteiger partial charge on any atom is 0.124 e. The number of nitrogens with one attached hydrogen (secondary N) is 2. The lowest BCUT2D eigenvalue weighted by Crippen LogP contribution is -2.38. The molecule has 3 heterocycles. The minimum absolute atomic E-state index is 0.559. The van der Waals surface area contributed by atoms with Crippen LogP contribution in [-0.2, 0) is 13.0 Å². The van der Waals surface area contributed by atoms with Crippen molar-refractivity contribution in [2.24, 2.45) is 11.8 Å². The molecule has 4 rings (SSSR count). The third-order valence-corrected chi connectivity index (χ3v) is 4.73. The third-order valence-electron chi connectivity index (χ3n) is 4.73. The zero-order valence-electron chi connectivity index (χ0n) is 13.6. The van der Waals surface area contributed by atoms with Crippen LogP contribution in [0.3, 0.4) is 0 Å². The number of hydrogen-bond acceptors (Lipinski definition) is 4. The van der Waals surface area contributed by atoms with Gasteiger partial charge in [-0.25, -0.2) is 4.68 Å². The summed E-state index contributed by atoms with van der Waals surface area (Å²) in [5, 5.41) is 11.6. The molecule has 1 aromatic heterocycles. The second kappa shape index (κ2) is 6.24. The maximum absolute atomic E-state index is 5.86. The molecule has 5 heteroatoms. The molecule has 0 radical (unpaired) electrons. The van der Waals surface area contributed by atoms with Crippen LogP contribution in [-0.4, -0.2) is 36.0 Å². The SMILES string of the molecule is Cc1cc2n(n1)C[C@H](CNC[C@@H]1COc3ccccc3C1)CN2. The number of anilines is 1. The number of ether oxygens (including phenoxy) is 1. The van der Waals surface area contributed by atoms with Crippen LogP contribution in [0.25, 0.3) is 0 Å². The summed E-state index contributed by atoms with van der Waals surface area (Å²) >= 11 is 0. The molecule has 0 spiro atoms. The molecule has 0 fully saturated rings. The van der Waals surface area contributed by atoms with E-state index in [1.54, 1.807) is 0 Å². The van der Waals surface area contributed by atoms with Crippen molar-refractivity contribution in [1.82, 2.24) is 15.1 Å².